The maximum absolute atomic E-state index is 10.5. The molecule has 0 aliphatic carbocycles. The van der Waals surface area contributed by atoms with Gasteiger partial charge in [-0.3, -0.25) is 0 Å². The SMILES string of the molecule is C/C(=C/c1ccc(S)cc1)C(=O)O. The molecule has 0 aromatic heterocycles. The van der Waals surface area contributed by atoms with Crippen molar-refractivity contribution in [3.8, 4) is 0 Å². The molecule has 3 heteroatoms. The van der Waals surface area contributed by atoms with Crippen LogP contribution >= 0.6 is 12.6 Å². The fourth-order valence-electron chi connectivity index (χ4n) is 0.882. The smallest absolute Gasteiger partial charge is 0.331 e. The van der Waals surface area contributed by atoms with Gasteiger partial charge in [-0.05, 0) is 30.7 Å². The largest absolute Gasteiger partial charge is 0.478 e. The normalized spacial score (nSPS) is 11.4. The topological polar surface area (TPSA) is 37.3 Å². The maximum atomic E-state index is 10.5. The van der Waals surface area contributed by atoms with Crippen molar-refractivity contribution in [1.29, 1.82) is 0 Å². The van der Waals surface area contributed by atoms with E-state index in [0.29, 0.717) is 5.57 Å². The van der Waals surface area contributed by atoms with E-state index in [2.05, 4.69) is 12.6 Å². The number of carboxylic acids is 1. The number of benzene rings is 1. The summed E-state index contributed by atoms with van der Waals surface area (Å²) < 4.78 is 0. The fourth-order valence-corrected chi connectivity index (χ4v) is 1.03. The first kappa shape index (κ1) is 9.86. The summed E-state index contributed by atoms with van der Waals surface area (Å²) in [4.78, 5) is 11.4. The predicted octanol–water partition coefficient (Wildman–Crippen LogP) is 2.46. The van der Waals surface area contributed by atoms with Crippen LogP contribution in [0.25, 0.3) is 6.08 Å². The lowest BCUT2D eigenvalue weighted by Gasteiger charge is -1.95. The third kappa shape index (κ3) is 2.95. The first-order valence-electron chi connectivity index (χ1n) is 3.80. The van der Waals surface area contributed by atoms with Crippen LogP contribution in [0, 0.1) is 0 Å². The Morgan fingerprint density at radius 1 is 1.38 bits per heavy atom. The molecule has 68 valence electrons. The molecule has 0 atom stereocenters. The van der Waals surface area contributed by atoms with Crippen LogP contribution in [-0.2, 0) is 4.79 Å². The Kier molecular flexibility index (Phi) is 3.14. The van der Waals surface area contributed by atoms with E-state index in [4.69, 9.17) is 5.11 Å². The van der Waals surface area contributed by atoms with Gasteiger partial charge in [0.2, 0.25) is 0 Å². The zero-order valence-electron chi connectivity index (χ0n) is 7.19. The van der Waals surface area contributed by atoms with E-state index in [1.807, 2.05) is 24.3 Å². The first-order valence-corrected chi connectivity index (χ1v) is 4.25. The molecule has 1 aromatic rings. The summed E-state index contributed by atoms with van der Waals surface area (Å²) >= 11 is 4.13. The molecule has 0 saturated carbocycles. The summed E-state index contributed by atoms with van der Waals surface area (Å²) in [6.45, 7) is 1.57. The maximum Gasteiger partial charge on any atom is 0.331 e. The van der Waals surface area contributed by atoms with E-state index >= 15 is 0 Å². The quantitative estimate of drug-likeness (QED) is 0.560. The minimum absolute atomic E-state index is 0.326. The van der Waals surface area contributed by atoms with Crippen LogP contribution in [0.2, 0.25) is 0 Å². The van der Waals surface area contributed by atoms with Crippen molar-refractivity contribution in [3.63, 3.8) is 0 Å². The summed E-state index contributed by atoms with van der Waals surface area (Å²) in [6.07, 6.45) is 1.62. The number of hydrogen-bond acceptors (Lipinski definition) is 2. The Morgan fingerprint density at radius 3 is 2.38 bits per heavy atom. The van der Waals surface area contributed by atoms with Crippen molar-refractivity contribution < 1.29 is 9.90 Å². The van der Waals surface area contributed by atoms with Gasteiger partial charge in [-0.1, -0.05) is 12.1 Å². The van der Waals surface area contributed by atoms with Gasteiger partial charge in [0.15, 0.2) is 0 Å². The monoisotopic (exact) mass is 194 g/mol. The second-order valence-electron chi connectivity index (χ2n) is 2.72. The van der Waals surface area contributed by atoms with E-state index in [1.54, 1.807) is 13.0 Å². The van der Waals surface area contributed by atoms with Crippen LogP contribution in [0.4, 0.5) is 0 Å². The van der Waals surface area contributed by atoms with Crippen molar-refractivity contribution in [2.45, 2.75) is 11.8 Å². The van der Waals surface area contributed by atoms with Crippen LogP contribution in [0.5, 0.6) is 0 Å². The molecular weight excluding hydrogens is 184 g/mol. The summed E-state index contributed by atoms with van der Waals surface area (Å²) in [5.74, 6) is -0.894. The summed E-state index contributed by atoms with van der Waals surface area (Å²) in [5.41, 5.74) is 1.20. The van der Waals surface area contributed by atoms with Crippen LogP contribution in [0.1, 0.15) is 12.5 Å². The first-order chi connectivity index (χ1) is 6.09. The molecule has 0 heterocycles. The molecule has 1 N–H and O–H groups in total. The highest BCUT2D eigenvalue weighted by atomic mass is 32.1. The molecule has 0 aliphatic heterocycles. The van der Waals surface area contributed by atoms with Gasteiger partial charge in [0.25, 0.3) is 0 Å². The minimum Gasteiger partial charge on any atom is -0.478 e. The van der Waals surface area contributed by atoms with Gasteiger partial charge in [0.1, 0.15) is 0 Å². The molecule has 13 heavy (non-hydrogen) atoms. The third-order valence-electron chi connectivity index (χ3n) is 1.61. The zero-order chi connectivity index (χ0) is 9.84. The molecule has 0 saturated heterocycles. The average Bonchev–Trinajstić information content (AvgIpc) is 2.08. The molecule has 1 aromatic carbocycles. The molecule has 0 spiro atoms. The number of carbonyl (C=O) groups is 1. The second kappa shape index (κ2) is 4.14. The van der Waals surface area contributed by atoms with E-state index in [1.165, 1.54) is 0 Å². The lowest BCUT2D eigenvalue weighted by Crippen LogP contribution is -1.95. The molecule has 0 aliphatic rings. The van der Waals surface area contributed by atoms with Crippen LogP contribution in [0.15, 0.2) is 34.7 Å². The number of hydrogen-bond donors (Lipinski definition) is 2. The van der Waals surface area contributed by atoms with Crippen molar-refractivity contribution in [2.24, 2.45) is 0 Å². The lowest BCUT2D eigenvalue weighted by molar-refractivity contribution is -0.132. The molecule has 0 fully saturated rings. The van der Waals surface area contributed by atoms with E-state index in [9.17, 15) is 4.79 Å². The molecule has 1 rings (SSSR count). The lowest BCUT2D eigenvalue weighted by atomic mass is 10.1. The molecule has 0 unspecified atom stereocenters. The molecular formula is C10H10O2S. The van der Waals surface area contributed by atoms with Gasteiger partial charge < -0.3 is 5.11 Å². The Bertz CT molecular complexity index is 338. The Hall–Kier alpha value is -1.22. The van der Waals surface area contributed by atoms with Crippen molar-refractivity contribution in [3.05, 3.63) is 35.4 Å². The van der Waals surface area contributed by atoms with E-state index < -0.39 is 5.97 Å². The summed E-state index contributed by atoms with van der Waals surface area (Å²) in [6, 6.07) is 7.30. The Morgan fingerprint density at radius 2 is 1.92 bits per heavy atom. The molecule has 2 nitrogen and oxygen atoms in total. The number of thiol groups is 1. The van der Waals surface area contributed by atoms with Crippen molar-refractivity contribution in [1.82, 2.24) is 0 Å². The Balaban J connectivity index is 2.92. The zero-order valence-corrected chi connectivity index (χ0v) is 8.08. The highest BCUT2D eigenvalue weighted by Gasteiger charge is 1.98. The van der Waals surface area contributed by atoms with Gasteiger partial charge in [0.05, 0.1) is 0 Å². The van der Waals surface area contributed by atoms with Gasteiger partial charge in [-0.2, -0.15) is 0 Å². The number of aliphatic carboxylic acids is 1. The van der Waals surface area contributed by atoms with Crippen molar-refractivity contribution >= 4 is 24.7 Å². The molecule has 0 bridgehead atoms. The molecule has 0 amide bonds. The fraction of sp³-hybridized carbons (Fsp3) is 0.100. The molecule has 0 radical (unpaired) electrons. The number of carboxylic acid groups (broad SMARTS) is 1. The van der Waals surface area contributed by atoms with Crippen molar-refractivity contribution in [2.75, 3.05) is 0 Å². The Labute approximate surface area is 82.3 Å². The van der Waals surface area contributed by atoms with Crippen LogP contribution in [0.3, 0.4) is 0 Å². The average molecular weight is 194 g/mol. The van der Waals surface area contributed by atoms with E-state index in [-0.39, 0.29) is 0 Å². The number of rotatable bonds is 2. The third-order valence-corrected chi connectivity index (χ3v) is 1.91. The van der Waals surface area contributed by atoms with Crippen LogP contribution in [-0.4, -0.2) is 11.1 Å². The van der Waals surface area contributed by atoms with E-state index in [0.717, 1.165) is 10.5 Å². The van der Waals surface area contributed by atoms with Gasteiger partial charge in [-0.25, -0.2) is 4.79 Å². The van der Waals surface area contributed by atoms with Crippen LogP contribution < -0.4 is 0 Å². The summed E-state index contributed by atoms with van der Waals surface area (Å²) in [5, 5.41) is 8.61. The van der Waals surface area contributed by atoms with Gasteiger partial charge in [0, 0.05) is 10.5 Å². The predicted molar refractivity (Wildman–Crippen MR) is 55.0 cm³/mol. The highest BCUT2D eigenvalue weighted by molar-refractivity contribution is 7.80. The van der Waals surface area contributed by atoms with Gasteiger partial charge in [-0.15, -0.1) is 12.6 Å². The second-order valence-corrected chi connectivity index (χ2v) is 3.24. The standard InChI is InChI=1S/C10H10O2S/c1-7(10(11)12)6-8-2-4-9(13)5-3-8/h2-6,13H,1H3,(H,11,12)/b7-6-. The summed E-state index contributed by atoms with van der Waals surface area (Å²) in [7, 11) is 0. The minimum atomic E-state index is -0.894. The van der Waals surface area contributed by atoms with Gasteiger partial charge >= 0.3 is 5.97 Å². The highest BCUT2D eigenvalue weighted by Crippen LogP contribution is 2.11.